The van der Waals surface area contributed by atoms with Gasteiger partial charge in [0.1, 0.15) is 0 Å². The Balaban J connectivity index is 2.80. The molecule has 94 valence electrons. The van der Waals surface area contributed by atoms with E-state index in [1.807, 2.05) is 6.92 Å². The molecule has 1 aromatic rings. The zero-order valence-electron chi connectivity index (χ0n) is 10.4. The van der Waals surface area contributed by atoms with E-state index in [9.17, 15) is 4.79 Å². The fourth-order valence-electron chi connectivity index (χ4n) is 1.44. The second kappa shape index (κ2) is 6.85. The van der Waals surface area contributed by atoms with Gasteiger partial charge in [-0.25, -0.2) is 9.78 Å². The number of ether oxygens (including phenoxy) is 2. The van der Waals surface area contributed by atoms with Crippen LogP contribution in [0, 0.1) is 0 Å². The second-order valence-electron chi connectivity index (χ2n) is 3.62. The van der Waals surface area contributed by atoms with Crippen LogP contribution in [0.2, 0.25) is 0 Å². The highest BCUT2D eigenvalue weighted by Crippen LogP contribution is 2.14. The van der Waals surface area contributed by atoms with Crippen molar-refractivity contribution in [1.29, 1.82) is 0 Å². The highest BCUT2D eigenvalue weighted by atomic mass is 16.5. The quantitative estimate of drug-likeness (QED) is 0.764. The Morgan fingerprint density at radius 3 is 3.00 bits per heavy atom. The van der Waals surface area contributed by atoms with Gasteiger partial charge in [0.05, 0.1) is 18.9 Å². The largest absolute Gasteiger partial charge is 0.461 e. The number of carbonyl (C=O) groups excluding carboxylic acids is 1. The highest BCUT2D eigenvalue weighted by molar-refractivity contribution is 5.93. The van der Waals surface area contributed by atoms with Gasteiger partial charge in [-0.3, -0.25) is 0 Å². The molecule has 1 atom stereocenters. The lowest BCUT2D eigenvalue weighted by atomic mass is 10.2. The maximum atomic E-state index is 11.6. The molecule has 0 amide bonds. The number of pyridine rings is 1. The summed E-state index contributed by atoms with van der Waals surface area (Å²) >= 11 is 0. The SMILES string of the molecule is CCOC(=O)c1ncccc1N[C@H](C)COC. The van der Waals surface area contributed by atoms with E-state index in [-0.39, 0.29) is 6.04 Å². The maximum Gasteiger partial charge on any atom is 0.359 e. The molecule has 1 N–H and O–H groups in total. The third kappa shape index (κ3) is 4.03. The first kappa shape index (κ1) is 13.4. The van der Waals surface area contributed by atoms with Crippen molar-refractivity contribution in [1.82, 2.24) is 4.98 Å². The molecular formula is C12H18N2O3. The van der Waals surface area contributed by atoms with Crippen molar-refractivity contribution in [2.45, 2.75) is 19.9 Å². The van der Waals surface area contributed by atoms with Gasteiger partial charge in [-0.2, -0.15) is 0 Å². The van der Waals surface area contributed by atoms with E-state index in [0.29, 0.717) is 24.6 Å². The van der Waals surface area contributed by atoms with Crippen molar-refractivity contribution >= 4 is 11.7 Å². The van der Waals surface area contributed by atoms with E-state index in [1.54, 1.807) is 32.4 Å². The molecular weight excluding hydrogens is 220 g/mol. The molecule has 0 radical (unpaired) electrons. The smallest absolute Gasteiger partial charge is 0.359 e. The summed E-state index contributed by atoms with van der Waals surface area (Å²) in [4.78, 5) is 15.7. The van der Waals surface area contributed by atoms with Crippen molar-refractivity contribution in [2.24, 2.45) is 0 Å². The van der Waals surface area contributed by atoms with Crippen LogP contribution in [-0.2, 0) is 9.47 Å². The van der Waals surface area contributed by atoms with E-state index >= 15 is 0 Å². The number of anilines is 1. The van der Waals surface area contributed by atoms with Gasteiger partial charge in [0, 0.05) is 19.3 Å². The standard InChI is InChI=1S/C12H18N2O3/c1-4-17-12(15)11-10(6-5-7-13-11)14-9(2)8-16-3/h5-7,9,14H,4,8H2,1-3H3/t9-/m1/s1. The molecule has 0 aliphatic heterocycles. The van der Waals surface area contributed by atoms with Crippen LogP contribution in [0.15, 0.2) is 18.3 Å². The van der Waals surface area contributed by atoms with Crippen LogP contribution in [0.3, 0.4) is 0 Å². The van der Waals surface area contributed by atoms with Crippen LogP contribution in [0.5, 0.6) is 0 Å². The van der Waals surface area contributed by atoms with Crippen LogP contribution in [0.25, 0.3) is 0 Å². The summed E-state index contributed by atoms with van der Waals surface area (Å²) < 4.78 is 9.96. The monoisotopic (exact) mass is 238 g/mol. The minimum absolute atomic E-state index is 0.0948. The molecule has 1 heterocycles. The normalized spacial score (nSPS) is 11.9. The Kier molecular flexibility index (Phi) is 5.42. The first-order chi connectivity index (χ1) is 8.19. The van der Waals surface area contributed by atoms with Gasteiger partial charge in [-0.15, -0.1) is 0 Å². The van der Waals surface area contributed by atoms with E-state index in [0.717, 1.165) is 0 Å². The van der Waals surface area contributed by atoms with Crippen molar-refractivity contribution in [3.63, 3.8) is 0 Å². The summed E-state index contributed by atoms with van der Waals surface area (Å²) in [5, 5.41) is 3.16. The zero-order valence-corrected chi connectivity index (χ0v) is 10.4. The number of nitrogens with one attached hydrogen (secondary N) is 1. The van der Waals surface area contributed by atoms with Crippen molar-refractivity contribution < 1.29 is 14.3 Å². The topological polar surface area (TPSA) is 60.5 Å². The molecule has 1 aromatic heterocycles. The molecule has 1 rings (SSSR count). The molecule has 0 bridgehead atoms. The Labute approximate surface area is 101 Å². The Bertz CT molecular complexity index is 369. The molecule has 0 fully saturated rings. The minimum Gasteiger partial charge on any atom is -0.461 e. The summed E-state index contributed by atoms with van der Waals surface area (Å²) in [5.41, 5.74) is 0.966. The van der Waals surface area contributed by atoms with Crippen LogP contribution in [0.1, 0.15) is 24.3 Å². The maximum absolute atomic E-state index is 11.6. The number of rotatable bonds is 6. The summed E-state index contributed by atoms with van der Waals surface area (Å²) in [6, 6.07) is 3.66. The van der Waals surface area contributed by atoms with Gasteiger partial charge >= 0.3 is 5.97 Å². The number of methoxy groups -OCH3 is 1. The van der Waals surface area contributed by atoms with Gasteiger partial charge < -0.3 is 14.8 Å². The van der Waals surface area contributed by atoms with Crippen LogP contribution in [0.4, 0.5) is 5.69 Å². The van der Waals surface area contributed by atoms with Crippen LogP contribution >= 0.6 is 0 Å². The number of aromatic nitrogens is 1. The lowest BCUT2D eigenvalue weighted by Gasteiger charge is -2.15. The average molecular weight is 238 g/mol. The molecule has 5 heteroatoms. The predicted octanol–water partition coefficient (Wildman–Crippen LogP) is 1.71. The van der Waals surface area contributed by atoms with Gasteiger partial charge in [0.2, 0.25) is 0 Å². The number of hydrogen-bond acceptors (Lipinski definition) is 5. The van der Waals surface area contributed by atoms with Gasteiger partial charge in [0.25, 0.3) is 0 Å². The van der Waals surface area contributed by atoms with Crippen LogP contribution in [-0.4, -0.2) is 37.3 Å². The molecule has 17 heavy (non-hydrogen) atoms. The summed E-state index contributed by atoms with van der Waals surface area (Å²) in [6.45, 7) is 4.62. The molecule has 0 aliphatic carbocycles. The van der Waals surface area contributed by atoms with Crippen molar-refractivity contribution in [3.8, 4) is 0 Å². The molecule has 0 unspecified atom stereocenters. The second-order valence-corrected chi connectivity index (χ2v) is 3.62. The van der Waals surface area contributed by atoms with Crippen molar-refractivity contribution in [2.75, 3.05) is 25.6 Å². The first-order valence-corrected chi connectivity index (χ1v) is 5.56. The number of nitrogens with zero attached hydrogens (tertiary/aromatic N) is 1. The van der Waals surface area contributed by atoms with Gasteiger partial charge in [0.15, 0.2) is 5.69 Å². The van der Waals surface area contributed by atoms with Crippen LogP contribution < -0.4 is 5.32 Å². The molecule has 0 aliphatic rings. The molecule has 0 spiro atoms. The Morgan fingerprint density at radius 1 is 1.59 bits per heavy atom. The third-order valence-corrected chi connectivity index (χ3v) is 2.10. The first-order valence-electron chi connectivity index (χ1n) is 5.56. The van der Waals surface area contributed by atoms with E-state index in [2.05, 4.69) is 10.3 Å². The predicted molar refractivity (Wildman–Crippen MR) is 65.2 cm³/mol. The minimum atomic E-state index is -0.416. The molecule has 0 saturated heterocycles. The summed E-state index contributed by atoms with van der Waals surface area (Å²) in [5.74, 6) is -0.416. The number of carbonyl (C=O) groups is 1. The Morgan fingerprint density at radius 2 is 2.35 bits per heavy atom. The fourth-order valence-corrected chi connectivity index (χ4v) is 1.44. The lowest BCUT2D eigenvalue weighted by Crippen LogP contribution is -2.23. The summed E-state index contributed by atoms with van der Waals surface area (Å²) in [6.07, 6.45) is 1.57. The zero-order chi connectivity index (χ0) is 12.7. The number of hydrogen-bond donors (Lipinski definition) is 1. The van der Waals surface area contributed by atoms with Gasteiger partial charge in [-0.1, -0.05) is 0 Å². The van der Waals surface area contributed by atoms with Crippen molar-refractivity contribution in [3.05, 3.63) is 24.0 Å². The Hall–Kier alpha value is -1.62. The highest BCUT2D eigenvalue weighted by Gasteiger charge is 2.14. The lowest BCUT2D eigenvalue weighted by molar-refractivity contribution is 0.0520. The summed E-state index contributed by atoms with van der Waals surface area (Å²) in [7, 11) is 1.63. The molecule has 0 aromatic carbocycles. The van der Waals surface area contributed by atoms with E-state index in [4.69, 9.17) is 9.47 Å². The fraction of sp³-hybridized carbons (Fsp3) is 0.500. The molecule has 0 saturated carbocycles. The van der Waals surface area contributed by atoms with Gasteiger partial charge in [-0.05, 0) is 26.0 Å². The van der Waals surface area contributed by atoms with E-state index < -0.39 is 5.97 Å². The van der Waals surface area contributed by atoms with E-state index in [1.165, 1.54) is 0 Å². The number of esters is 1. The average Bonchev–Trinajstić information content (AvgIpc) is 2.30. The third-order valence-electron chi connectivity index (χ3n) is 2.10. The molecule has 5 nitrogen and oxygen atoms in total.